The van der Waals surface area contributed by atoms with Crippen molar-refractivity contribution >= 4 is 33.2 Å². The van der Waals surface area contributed by atoms with Gasteiger partial charge in [-0.2, -0.15) is 0 Å². The first-order valence-corrected chi connectivity index (χ1v) is 8.00. The number of halogens is 1. The molecule has 0 aliphatic heterocycles. The van der Waals surface area contributed by atoms with Crippen LogP contribution in [0.25, 0.3) is 0 Å². The molecule has 2 aromatic rings. The zero-order valence-corrected chi connectivity index (χ0v) is 14.4. The second-order valence-electron chi connectivity index (χ2n) is 4.84. The molecule has 0 fully saturated rings. The number of amides is 1. The molecular weight excluding hydrogens is 336 g/mol. The topological polar surface area (TPSA) is 42.0 Å². The largest absolute Gasteiger partial charge is 0.345 e. The summed E-state index contributed by atoms with van der Waals surface area (Å²) in [5, 5.41) is 4.05. The second-order valence-corrected chi connectivity index (χ2v) is 6.93. The Labute approximate surface area is 131 Å². The summed E-state index contributed by atoms with van der Waals surface area (Å²) in [6.45, 7) is 7.94. The third-order valence-corrected chi connectivity index (χ3v) is 5.22. The number of carbonyl (C=O) groups is 1. The Kier molecular flexibility index (Phi) is 4.60. The highest BCUT2D eigenvalue weighted by Crippen LogP contribution is 2.25. The molecule has 0 saturated carbocycles. The number of benzene rings is 1. The number of nitrogens with one attached hydrogen (secondary N) is 1. The first kappa shape index (κ1) is 15.2. The third-order valence-electron chi connectivity index (χ3n) is 3.11. The molecule has 0 spiro atoms. The van der Waals surface area contributed by atoms with Crippen molar-refractivity contribution in [3.05, 3.63) is 49.4 Å². The van der Waals surface area contributed by atoms with Crippen LogP contribution >= 0.6 is 27.3 Å². The van der Waals surface area contributed by atoms with E-state index in [1.165, 1.54) is 0 Å². The van der Waals surface area contributed by atoms with Gasteiger partial charge in [-0.1, -0.05) is 22.0 Å². The van der Waals surface area contributed by atoms with E-state index < -0.39 is 0 Å². The molecule has 1 aromatic carbocycles. The SMILES string of the molecule is Cc1nc(C)c(C(C)NC(=O)c2ccc(C)c(Br)c2)s1. The number of hydrogen-bond acceptors (Lipinski definition) is 3. The Hall–Kier alpha value is -1.20. The highest BCUT2D eigenvalue weighted by atomic mass is 79.9. The minimum atomic E-state index is -0.0661. The van der Waals surface area contributed by atoms with Crippen LogP contribution in [-0.4, -0.2) is 10.9 Å². The molecule has 0 aliphatic rings. The zero-order valence-electron chi connectivity index (χ0n) is 12.0. The fourth-order valence-electron chi connectivity index (χ4n) is 2.03. The maximum Gasteiger partial charge on any atom is 0.251 e. The summed E-state index contributed by atoms with van der Waals surface area (Å²) in [4.78, 5) is 17.8. The maximum atomic E-state index is 12.3. The summed E-state index contributed by atoms with van der Waals surface area (Å²) < 4.78 is 0.947. The predicted molar refractivity (Wildman–Crippen MR) is 86.3 cm³/mol. The molecule has 0 bridgehead atoms. The summed E-state index contributed by atoms with van der Waals surface area (Å²) in [7, 11) is 0. The second kappa shape index (κ2) is 6.06. The standard InChI is InChI=1S/C15H17BrN2OS/c1-8-5-6-12(7-13(8)16)15(19)18-10(3)14-9(2)17-11(4)20-14/h5-7,10H,1-4H3,(H,18,19). The lowest BCUT2D eigenvalue weighted by molar-refractivity contribution is 0.0940. The van der Waals surface area contributed by atoms with Crippen LogP contribution in [0.15, 0.2) is 22.7 Å². The van der Waals surface area contributed by atoms with Gasteiger partial charge in [0.2, 0.25) is 0 Å². The number of rotatable bonds is 3. The number of carbonyl (C=O) groups excluding carboxylic acids is 1. The first-order chi connectivity index (χ1) is 9.38. The van der Waals surface area contributed by atoms with Crippen LogP contribution in [0, 0.1) is 20.8 Å². The molecule has 1 amide bonds. The molecule has 2 rings (SSSR count). The average Bonchev–Trinajstić information content (AvgIpc) is 2.71. The van der Waals surface area contributed by atoms with Crippen molar-refractivity contribution in [3.8, 4) is 0 Å². The molecule has 0 saturated heterocycles. The summed E-state index contributed by atoms with van der Waals surface area (Å²) >= 11 is 5.08. The van der Waals surface area contributed by atoms with E-state index in [0.717, 1.165) is 25.6 Å². The van der Waals surface area contributed by atoms with Crippen LogP contribution in [0.5, 0.6) is 0 Å². The summed E-state index contributed by atoms with van der Waals surface area (Å²) in [5.41, 5.74) is 2.77. The smallest absolute Gasteiger partial charge is 0.251 e. The van der Waals surface area contributed by atoms with Gasteiger partial charge in [0.15, 0.2) is 0 Å². The molecule has 1 aromatic heterocycles. The van der Waals surface area contributed by atoms with E-state index in [-0.39, 0.29) is 11.9 Å². The van der Waals surface area contributed by atoms with E-state index in [1.807, 2.05) is 45.9 Å². The van der Waals surface area contributed by atoms with Crippen molar-refractivity contribution in [2.45, 2.75) is 33.7 Å². The summed E-state index contributed by atoms with van der Waals surface area (Å²) in [5.74, 6) is -0.0661. The van der Waals surface area contributed by atoms with Gasteiger partial charge < -0.3 is 5.32 Å². The molecule has 1 N–H and O–H groups in total. The minimum Gasteiger partial charge on any atom is -0.345 e. The number of aromatic nitrogens is 1. The molecule has 5 heteroatoms. The molecule has 106 valence electrons. The van der Waals surface area contributed by atoms with Gasteiger partial charge in [-0.25, -0.2) is 4.98 Å². The molecule has 0 radical (unpaired) electrons. The highest BCUT2D eigenvalue weighted by Gasteiger charge is 2.16. The summed E-state index contributed by atoms with van der Waals surface area (Å²) in [6.07, 6.45) is 0. The molecule has 0 aliphatic carbocycles. The van der Waals surface area contributed by atoms with E-state index in [2.05, 4.69) is 26.2 Å². The van der Waals surface area contributed by atoms with E-state index in [4.69, 9.17) is 0 Å². The van der Waals surface area contributed by atoms with E-state index in [1.54, 1.807) is 11.3 Å². The van der Waals surface area contributed by atoms with Gasteiger partial charge in [0.05, 0.1) is 16.7 Å². The average molecular weight is 353 g/mol. The normalized spacial score (nSPS) is 12.2. The van der Waals surface area contributed by atoms with Crippen molar-refractivity contribution in [1.29, 1.82) is 0 Å². The molecular formula is C15H17BrN2OS. The zero-order chi connectivity index (χ0) is 14.9. The van der Waals surface area contributed by atoms with Crippen LogP contribution in [0.4, 0.5) is 0 Å². The molecule has 1 atom stereocenters. The van der Waals surface area contributed by atoms with Gasteiger partial charge in [0.1, 0.15) is 0 Å². The van der Waals surface area contributed by atoms with Crippen molar-refractivity contribution in [2.75, 3.05) is 0 Å². The minimum absolute atomic E-state index is 0.0335. The quantitative estimate of drug-likeness (QED) is 0.893. The van der Waals surface area contributed by atoms with Crippen LogP contribution in [-0.2, 0) is 0 Å². The van der Waals surface area contributed by atoms with Gasteiger partial charge in [0, 0.05) is 14.9 Å². The number of thiazole rings is 1. The van der Waals surface area contributed by atoms with Gasteiger partial charge in [-0.3, -0.25) is 4.79 Å². The monoisotopic (exact) mass is 352 g/mol. The third kappa shape index (κ3) is 3.27. The fourth-order valence-corrected chi connectivity index (χ4v) is 3.34. The van der Waals surface area contributed by atoms with Crippen molar-refractivity contribution in [3.63, 3.8) is 0 Å². The number of hydrogen-bond donors (Lipinski definition) is 1. The lowest BCUT2D eigenvalue weighted by Gasteiger charge is -2.13. The van der Waals surface area contributed by atoms with Gasteiger partial charge in [-0.05, 0) is 45.4 Å². The summed E-state index contributed by atoms with van der Waals surface area (Å²) in [6, 6.07) is 5.59. The van der Waals surface area contributed by atoms with Crippen molar-refractivity contribution in [1.82, 2.24) is 10.3 Å². The number of aryl methyl sites for hydroxylation is 3. The molecule has 1 unspecified atom stereocenters. The van der Waals surface area contributed by atoms with Crippen molar-refractivity contribution in [2.24, 2.45) is 0 Å². The van der Waals surface area contributed by atoms with Gasteiger partial charge >= 0.3 is 0 Å². The van der Waals surface area contributed by atoms with Crippen molar-refractivity contribution < 1.29 is 4.79 Å². The lowest BCUT2D eigenvalue weighted by atomic mass is 10.1. The van der Waals surface area contributed by atoms with Crippen LogP contribution in [0.1, 0.15) is 44.5 Å². The first-order valence-electron chi connectivity index (χ1n) is 6.39. The Balaban J connectivity index is 2.15. The maximum absolute atomic E-state index is 12.3. The lowest BCUT2D eigenvalue weighted by Crippen LogP contribution is -2.26. The predicted octanol–water partition coefficient (Wildman–Crippen LogP) is 4.32. The molecule has 20 heavy (non-hydrogen) atoms. The van der Waals surface area contributed by atoms with Crippen LogP contribution in [0.2, 0.25) is 0 Å². The Bertz CT molecular complexity index is 651. The van der Waals surface area contributed by atoms with Crippen LogP contribution < -0.4 is 5.32 Å². The Morgan fingerprint density at radius 2 is 2.05 bits per heavy atom. The Morgan fingerprint density at radius 1 is 1.35 bits per heavy atom. The van der Waals surface area contributed by atoms with E-state index in [0.29, 0.717) is 5.56 Å². The molecule has 1 heterocycles. The van der Waals surface area contributed by atoms with Gasteiger partial charge in [0.25, 0.3) is 5.91 Å². The van der Waals surface area contributed by atoms with Crippen LogP contribution in [0.3, 0.4) is 0 Å². The Morgan fingerprint density at radius 3 is 2.60 bits per heavy atom. The van der Waals surface area contributed by atoms with Gasteiger partial charge in [-0.15, -0.1) is 11.3 Å². The molecule has 3 nitrogen and oxygen atoms in total. The van der Waals surface area contributed by atoms with E-state index >= 15 is 0 Å². The van der Waals surface area contributed by atoms with E-state index in [9.17, 15) is 4.79 Å². The fraction of sp³-hybridized carbons (Fsp3) is 0.333. The highest BCUT2D eigenvalue weighted by molar-refractivity contribution is 9.10. The number of nitrogens with zero attached hydrogens (tertiary/aromatic N) is 1.